The summed E-state index contributed by atoms with van der Waals surface area (Å²) in [5, 5.41) is 1.06. The number of benzene rings is 1. The molecule has 1 aliphatic carbocycles. The van der Waals surface area contributed by atoms with Crippen LogP contribution >= 0.6 is 0 Å². The van der Waals surface area contributed by atoms with Crippen molar-refractivity contribution in [3.63, 3.8) is 0 Å². The minimum Gasteiger partial charge on any atom is -0.495 e. The molecule has 5 heteroatoms. The van der Waals surface area contributed by atoms with Crippen molar-refractivity contribution in [1.29, 1.82) is 0 Å². The van der Waals surface area contributed by atoms with Crippen LogP contribution in [0.3, 0.4) is 0 Å². The number of aromatic nitrogens is 1. The van der Waals surface area contributed by atoms with Gasteiger partial charge in [-0.15, -0.1) is 0 Å². The van der Waals surface area contributed by atoms with Gasteiger partial charge in [0, 0.05) is 53.5 Å². The first-order valence-corrected chi connectivity index (χ1v) is 12.4. The van der Waals surface area contributed by atoms with Crippen LogP contribution in [0.4, 0.5) is 0 Å². The van der Waals surface area contributed by atoms with Gasteiger partial charge >= 0.3 is 0 Å². The summed E-state index contributed by atoms with van der Waals surface area (Å²) in [5.41, 5.74) is 7.16. The van der Waals surface area contributed by atoms with Gasteiger partial charge in [0.05, 0.1) is 29.8 Å². The van der Waals surface area contributed by atoms with E-state index in [-0.39, 0.29) is 17.3 Å². The van der Waals surface area contributed by atoms with E-state index in [0.717, 1.165) is 52.1 Å². The zero-order chi connectivity index (χ0) is 26.4. The summed E-state index contributed by atoms with van der Waals surface area (Å²) in [7, 11) is 5.38. The van der Waals surface area contributed by atoms with Crippen LogP contribution < -0.4 is 0 Å². The van der Waals surface area contributed by atoms with E-state index in [2.05, 4.69) is 62.1 Å². The van der Waals surface area contributed by atoms with Gasteiger partial charge in [0.15, 0.2) is 5.71 Å². The van der Waals surface area contributed by atoms with E-state index < -0.39 is 0 Å². The minimum atomic E-state index is -0.314. The number of carbonyl (C=O) groups excluding carboxylic acids is 1. The Morgan fingerprint density at radius 3 is 2.44 bits per heavy atom. The van der Waals surface area contributed by atoms with Crippen LogP contribution in [0.25, 0.3) is 16.5 Å². The van der Waals surface area contributed by atoms with Gasteiger partial charge in [-0.1, -0.05) is 37.4 Å². The van der Waals surface area contributed by atoms with E-state index in [9.17, 15) is 4.79 Å². The number of ketones is 1. The second kappa shape index (κ2) is 9.55. The first-order valence-electron chi connectivity index (χ1n) is 12.4. The molecule has 0 amide bonds. The van der Waals surface area contributed by atoms with Crippen LogP contribution in [-0.2, 0) is 20.8 Å². The number of likely N-dealkylation sites (N-methyl/N-ethyl adjacent to an activating group) is 1. The van der Waals surface area contributed by atoms with Crippen molar-refractivity contribution in [3.8, 4) is 0 Å². The van der Waals surface area contributed by atoms with Crippen LogP contribution in [-0.4, -0.2) is 48.0 Å². The van der Waals surface area contributed by atoms with Gasteiger partial charge in [0.2, 0.25) is 11.5 Å². The SMILES string of the molecule is C=CC1=C(C=C)C(C)(C)C(/C=C2\C(=O)C(c3c(C)n(CCC(C)OC)c4ccccc34)=C2OC)=[N+]1C. The zero-order valence-electron chi connectivity index (χ0n) is 22.6. The summed E-state index contributed by atoms with van der Waals surface area (Å²) >= 11 is 0. The Hall–Kier alpha value is -3.44. The predicted molar refractivity (Wildman–Crippen MR) is 147 cm³/mol. The van der Waals surface area contributed by atoms with Crippen LogP contribution in [0.1, 0.15) is 38.4 Å². The molecule has 2 heterocycles. The van der Waals surface area contributed by atoms with Crippen molar-refractivity contribution < 1.29 is 18.8 Å². The van der Waals surface area contributed by atoms with Crippen molar-refractivity contribution in [2.24, 2.45) is 5.41 Å². The lowest BCUT2D eigenvalue weighted by atomic mass is 9.76. The molecule has 0 bridgehead atoms. The van der Waals surface area contributed by atoms with Crippen molar-refractivity contribution in [1.82, 2.24) is 4.57 Å². The molecule has 0 spiro atoms. The first kappa shape index (κ1) is 25.6. The molecule has 1 unspecified atom stereocenters. The summed E-state index contributed by atoms with van der Waals surface area (Å²) in [6.45, 7) is 17.2. The maximum absolute atomic E-state index is 13.7. The fraction of sp³-hybridized carbons (Fsp3) is 0.355. The van der Waals surface area contributed by atoms with Crippen molar-refractivity contribution in [2.45, 2.75) is 46.8 Å². The average Bonchev–Trinajstić information content (AvgIpc) is 3.24. The molecule has 0 saturated carbocycles. The fourth-order valence-electron chi connectivity index (χ4n) is 5.66. The molecule has 2 aromatic rings. The van der Waals surface area contributed by atoms with E-state index in [1.165, 1.54) is 0 Å². The molecule has 2 aliphatic rings. The van der Waals surface area contributed by atoms with Crippen LogP contribution in [0.2, 0.25) is 0 Å². The molecule has 1 aliphatic heterocycles. The van der Waals surface area contributed by atoms with E-state index in [0.29, 0.717) is 16.9 Å². The molecule has 188 valence electrons. The molecule has 4 rings (SSSR count). The maximum Gasteiger partial charge on any atom is 0.208 e. The van der Waals surface area contributed by atoms with Gasteiger partial charge in [-0.3, -0.25) is 4.79 Å². The number of aryl methyl sites for hydroxylation is 1. The molecular formula is C31H37N2O3+. The number of para-hydroxylation sites is 1. The quantitative estimate of drug-likeness (QED) is 0.324. The number of nitrogens with zero attached hydrogens (tertiary/aromatic N) is 2. The number of allylic oxidation sites excluding steroid dienone is 6. The smallest absolute Gasteiger partial charge is 0.208 e. The lowest BCUT2D eigenvalue weighted by Crippen LogP contribution is -2.29. The normalized spacial score (nSPS) is 19.4. The van der Waals surface area contributed by atoms with E-state index in [1.54, 1.807) is 14.2 Å². The van der Waals surface area contributed by atoms with Crippen LogP contribution in [0.5, 0.6) is 0 Å². The third-order valence-electron chi connectivity index (χ3n) is 7.78. The summed E-state index contributed by atoms with van der Waals surface area (Å²) in [6.07, 6.45) is 6.73. The maximum atomic E-state index is 13.7. The monoisotopic (exact) mass is 485 g/mol. The molecule has 1 atom stereocenters. The highest BCUT2D eigenvalue weighted by Crippen LogP contribution is 2.45. The number of hydrogen-bond acceptors (Lipinski definition) is 3. The lowest BCUT2D eigenvalue weighted by molar-refractivity contribution is -0.435. The molecule has 0 N–H and O–H groups in total. The average molecular weight is 486 g/mol. The molecule has 0 radical (unpaired) electrons. The topological polar surface area (TPSA) is 43.5 Å². The Morgan fingerprint density at radius 1 is 1.17 bits per heavy atom. The van der Waals surface area contributed by atoms with Gasteiger partial charge in [-0.05, 0) is 40.2 Å². The van der Waals surface area contributed by atoms with Gasteiger partial charge in [-0.2, -0.15) is 4.58 Å². The Bertz CT molecular complexity index is 1410. The standard InChI is InChI=1S/C31H37N2O3/c1-10-23-24(11-2)32(7)26(31(23,5)6)18-22-29(34)28(30(22)36-9)27-20(4)33(17-16-19(3)35-8)25-15-13-12-14-21(25)27/h10-15,18-19H,1-2,16-17H2,3-9H3/q+1. The molecular weight excluding hydrogens is 448 g/mol. The van der Waals surface area contributed by atoms with E-state index in [1.807, 2.05) is 37.4 Å². The Kier molecular flexibility index (Phi) is 6.80. The van der Waals surface area contributed by atoms with Gasteiger partial charge in [0.25, 0.3) is 0 Å². The Morgan fingerprint density at radius 2 is 1.86 bits per heavy atom. The lowest BCUT2D eigenvalue weighted by Gasteiger charge is -2.26. The number of methoxy groups -OCH3 is 2. The molecule has 5 nitrogen and oxygen atoms in total. The van der Waals surface area contributed by atoms with Crippen LogP contribution in [0.15, 0.2) is 78.3 Å². The first-order chi connectivity index (χ1) is 17.1. The van der Waals surface area contributed by atoms with Gasteiger partial charge in [-0.25, -0.2) is 0 Å². The summed E-state index contributed by atoms with van der Waals surface area (Å²) in [6, 6.07) is 8.26. The highest BCUT2D eigenvalue weighted by Gasteiger charge is 2.46. The minimum absolute atomic E-state index is 0.00650. The predicted octanol–water partition coefficient (Wildman–Crippen LogP) is 5.99. The summed E-state index contributed by atoms with van der Waals surface area (Å²) < 4.78 is 15.7. The summed E-state index contributed by atoms with van der Waals surface area (Å²) in [5.74, 6) is 0.646. The number of ether oxygens (including phenoxy) is 2. The Labute approximate surface area is 214 Å². The number of carbonyl (C=O) groups is 1. The summed E-state index contributed by atoms with van der Waals surface area (Å²) in [4.78, 5) is 13.7. The van der Waals surface area contributed by atoms with Gasteiger partial charge < -0.3 is 14.0 Å². The number of Topliss-reactive ketones (excluding diaryl/α,β-unsaturated/α-hetero) is 1. The Balaban J connectivity index is 1.85. The second-order valence-electron chi connectivity index (χ2n) is 10.0. The molecule has 36 heavy (non-hydrogen) atoms. The van der Waals surface area contributed by atoms with Crippen LogP contribution in [0, 0.1) is 12.3 Å². The molecule has 1 aromatic heterocycles. The third-order valence-corrected chi connectivity index (χ3v) is 7.78. The highest BCUT2D eigenvalue weighted by molar-refractivity contribution is 6.41. The van der Waals surface area contributed by atoms with Crippen molar-refractivity contribution >= 4 is 28.0 Å². The molecule has 0 fully saturated rings. The number of fused-ring (bicyclic) bond motifs is 1. The van der Waals surface area contributed by atoms with Gasteiger partial charge in [0.1, 0.15) is 12.8 Å². The van der Waals surface area contributed by atoms with E-state index >= 15 is 0 Å². The number of hydrogen-bond donors (Lipinski definition) is 0. The van der Waals surface area contributed by atoms with Crippen molar-refractivity contribution in [3.05, 3.63) is 89.5 Å². The molecule has 0 saturated heterocycles. The van der Waals surface area contributed by atoms with Crippen molar-refractivity contribution in [2.75, 3.05) is 21.3 Å². The number of rotatable bonds is 9. The largest absolute Gasteiger partial charge is 0.495 e. The molecule has 1 aromatic carbocycles. The highest BCUT2D eigenvalue weighted by atomic mass is 16.5. The zero-order valence-corrected chi connectivity index (χ0v) is 22.6. The second-order valence-corrected chi connectivity index (χ2v) is 10.0. The van der Waals surface area contributed by atoms with E-state index in [4.69, 9.17) is 9.47 Å². The fourth-order valence-corrected chi connectivity index (χ4v) is 5.66. The third kappa shape index (κ3) is 3.73.